The second-order valence-electron chi connectivity index (χ2n) is 8.17. The zero-order valence-corrected chi connectivity index (χ0v) is 19.2. The Morgan fingerprint density at radius 2 is 1.41 bits per heavy atom. The van der Waals surface area contributed by atoms with E-state index in [1.807, 2.05) is 0 Å². The van der Waals surface area contributed by atoms with Gasteiger partial charge in [-0.1, -0.05) is 44.2 Å². The lowest BCUT2D eigenvalue weighted by atomic mass is 10.0. The highest BCUT2D eigenvalue weighted by Crippen LogP contribution is 2.07. The van der Waals surface area contributed by atoms with Crippen molar-refractivity contribution in [2.45, 2.75) is 57.3 Å². The second-order valence-corrected chi connectivity index (χ2v) is 8.17. The number of amides is 4. The highest BCUT2D eigenvalue weighted by Gasteiger charge is 2.31. The zero-order chi connectivity index (χ0) is 25.8. The Morgan fingerprint density at radius 1 is 0.882 bits per heavy atom. The van der Waals surface area contributed by atoms with Gasteiger partial charge in [-0.2, -0.15) is 0 Å². The van der Waals surface area contributed by atoms with E-state index in [2.05, 4.69) is 16.0 Å². The standard InChI is InChI=1S/C22H33N5O7/c1-12(2)18(24)21(32)26-15(10-13-6-4-3-5-7-13)20(31)25-14(8-9-17(23)29)19(30)27-16(11-28)22(33)34/h3-7,12,14-16,18,28H,8-11,24H2,1-2H3,(H2,23,29)(H,25,31)(H,26,32)(H,27,30)(H,33,34). The van der Waals surface area contributed by atoms with Gasteiger partial charge in [0.15, 0.2) is 0 Å². The van der Waals surface area contributed by atoms with Crippen molar-refractivity contribution in [3.05, 3.63) is 35.9 Å². The average Bonchev–Trinajstić information content (AvgIpc) is 2.78. The van der Waals surface area contributed by atoms with Gasteiger partial charge in [0.2, 0.25) is 23.6 Å². The van der Waals surface area contributed by atoms with Gasteiger partial charge in [-0.3, -0.25) is 19.2 Å². The molecule has 0 saturated heterocycles. The fourth-order valence-corrected chi connectivity index (χ4v) is 2.92. The largest absolute Gasteiger partial charge is 0.480 e. The molecule has 0 aliphatic heterocycles. The van der Waals surface area contributed by atoms with Crippen LogP contribution >= 0.6 is 0 Å². The third kappa shape index (κ3) is 9.55. The molecule has 0 spiro atoms. The number of carboxylic acid groups (broad SMARTS) is 1. The first-order chi connectivity index (χ1) is 16.0. The lowest BCUT2D eigenvalue weighted by molar-refractivity contribution is -0.143. The molecule has 0 heterocycles. The van der Waals surface area contributed by atoms with E-state index in [4.69, 9.17) is 21.7 Å². The first kappa shape index (κ1) is 28.5. The molecule has 9 N–H and O–H groups in total. The molecule has 188 valence electrons. The fraction of sp³-hybridized carbons (Fsp3) is 0.500. The van der Waals surface area contributed by atoms with Crippen molar-refractivity contribution >= 4 is 29.6 Å². The SMILES string of the molecule is CC(C)C(N)C(=O)NC(Cc1ccccc1)C(=O)NC(CCC(N)=O)C(=O)NC(CO)C(=O)O. The van der Waals surface area contributed by atoms with Crippen molar-refractivity contribution in [3.63, 3.8) is 0 Å². The van der Waals surface area contributed by atoms with E-state index in [1.165, 1.54) is 0 Å². The van der Waals surface area contributed by atoms with Crippen LogP contribution in [0.1, 0.15) is 32.3 Å². The maximum absolute atomic E-state index is 13.1. The monoisotopic (exact) mass is 479 g/mol. The summed E-state index contributed by atoms with van der Waals surface area (Å²) >= 11 is 0. The van der Waals surface area contributed by atoms with Crippen molar-refractivity contribution in [2.75, 3.05) is 6.61 Å². The number of primary amides is 1. The van der Waals surface area contributed by atoms with Crippen LogP contribution in [0.5, 0.6) is 0 Å². The minimum Gasteiger partial charge on any atom is -0.480 e. The first-order valence-corrected chi connectivity index (χ1v) is 10.8. The highest BCUT2D eigenvalue weighted by atomic mass is 16.4. The number of aliphatic hydroxyl groups is 1. The van der Waals surface area contributed by atoms with Gasteiger partial charge in [0.1, 0.15) is 18.1 Å². The Balaban J connectivity index is 3.10. The predicted octanol–water partition coefficient (Wildman–Crippen LogP) is -1.99. The summed E-state index contributed by atoms with van der Waals surface area (Å²) in [4.78, 5) is 60.6. The number of carboxylic acids is 1. The molecule has 0 aliphatic rings. The summed E-state index contributed by atoms with van der Waals surface area (Å²) in [6, 6.07) is 3.88. The number of benzene rings is 1. The Bertz CT molecular complexity index is 862. The van der Waals surface area contributed by atoms with E-state index in [9.17, 15) is 24.0 Å². The lowest BCUT2D eigenvalue weighted by Gasteiger charge is -2.25. The summed E-state index contributed by atoms with van der Waals surface area (Å²) in [6.45, 7) is 2.62. The topological polar surface area (TPSA) is 214 Å². The van der Waals surface area contributed by atoms with Gasteiger partial charge in [0, 0.05) is 12.8 Å². The fourth-order valence-electron chi connectivity index (χ4n) is 2.92. The summed E-state index contributed by atoms with van der Waals surface area (Å²) < 4.78 is 0. The maximum atomic E-state index is 13.1. The van der Waals surface area contributed by atoms with E-state index in [1.54, 1.807) is 44.2 Å². The third-order valence-corrected chi connectivity index (χ3v) is 5.05. The Labute approximate surface area is 197 Å². The van der Waals surface area contributed by atoms with Gasteiger partial charge in [-0.25, -0.2) is 4.79 Å². The molecule has 0 bridgehead atoms. The summed E-state index contributed by atoms with van der Waals surface area (Å²) in [7, 11) is 0. The molecular weight excluding hydrogens is 446 g/mol. The van der Waals surface area contributed by atoms with Gasteiger partial charge < -0.3 is 37.6 Å². The normalized spacial score (nSPS) is 14.4. The second kappa shape index (κ2) is 13.9. The molecule has 4 atom stereocenters. The summed E-state index contributed by atoms with van der Waals surface area (Å²) in [6.07, 6.45) is -0.410. The van der Waals surface area contributed by atoms with Crippen LogP contribution in [-0.2, 0) is 30.4 Å². The molecule has 4 unspecified atom stereocenters. The molecule has 0 saturated carbocycles. The van der Waals surface area contributed by atoms with E-state index in [0.717, 1.165) is 5.56 Å². The Kier molecular flexibility index (Phi) is 11.7. The highest BCUT2D eigenvalue weighted by molar-refractivity contribution is 5.94. The maximum Gasteiger partial charge on any atom is 0.328 e. The van der Waals surface area contributed by atoms with Crippen LogP contribution in [0.2, 0.25) is 0 Å². The smallest absolute Gasteiger partial charge is 0.328 e. The van der Waals surface area contributed by atoms with E-state index < -0.39 is 60.4 Å². The number of rotatable bonds is 14. The Morgan fingerprint density at radius 3 is 1.91 bits per heavy atom. The van der Waals surface area contributed by atoms with Gasteiger partial charge in [-0.15, -0.1) is 0 Å². The van der Waals surface area contributed by atoms with Crippen molar-refractivity contribution in [3.8, 4) is 0 Å². The van der Waals surface area contributed by atoms with E-state index in [0.29, 0.717) is 0 Å². The van der Waals surface area contributed by atoms with Gasteiger partial charge >= 0.3 is 5.97 Å². The summed E-state index contributed by atoms with van der Waals surface area (Å²) in [5.74, 6) is -4.64. The molecule has 0 aliphatic carbocycles. The van der Waals surface area contributed by atoms with Crippen molar-refractivity contribution in [2.24, 2.45) is 17.4 Å². The van der Waals surface area contributed by atoms with Crippen LogP contribution in [0.4, 0.5) is 0 Å². The molecule has 1 aromatic carbocycles. The average molecular weight is 480 g/mol. The summed E-state index contributed by atoms with van der Waals surface area (Å²) in [5.41, 5.74) is 11.8. The molecule has 0 radical (unpaired) electrons. The van der Waals surface area contributed by atoms with Crippen LogP contribution in [0.15, 0.2) is 30.3 Å². The van der Waals surface area contributed by atoms with Gasteiger partial charge in [0.25, 0.3) is 0 Å². The molecule has 1 aromatic rings. The number of nitrogens with one attached hydrogen (secondary N) is 3. The molecule has 34 heavy (non-hydrogen) atoms. The number of hydrogen-bond acceptors (Lipinski definition) is 7. The minimum absolute atomic E-state index is 0.0851. The molecule has 12 nitrogen and oxygen atoms in total. The van der Waals surface area contributed by atoms with Crippen molar-refractivity contribution in [1.82, 2.24) is 16.0 Å². The number of aliphatic hydroxyl groups excluding tert-OH is 1. The Hall–Kier alpha value is -3.51. The summed E-state index contributed by atoms with van der Waals surface area (Å²) in [5, 5.41) is 25.3. The number of hydrogen-bond donors (Lipinski definition) is 7. The molecule has 0 fully saturated rings. The van der Waals surface area contributed by atoms with Crippen molar-refractivity contribution < 1.29 is 34.2 Å². The van der Waals surface area contributed by atoms with Crippen LogP contribution in [0, 0.1) is 5.92 Å². The molecule has 12 heteroatoms. The first-order valence-electron chi connectivity index (χ1n) is 10.8. The minimum atomic E-state index is -1.61. The predicted molar refractivity (Wildman–Crippen MR) is 122 cm³/mol. The van der Waals surface area contributed by atoms with Gasteiger partial charge in [-0.05, 0) is 17.9 Å². The van der Waals surface area contributed by atoms with Crippen molar-refractivity contribution in [1.29, 1.82) is 0 Å². The lowest BCUT2D eigenvalue weighted by Crippen LogP contribution is -2.58. The van der Waals surface area contributed by atoms with E-state index in [-0.39, 0.29) is 25.2 Å². The van der Waals surface area contributed by atoms with Gasteiger partial charge in [0.05, 0.1) is 12.6 Å². The van der Waals surface area contributed by atoms with Crippen LogP contribution < -0.4 is 27.4 Å². The molecule has 1 rings (SSSR count). The number of carbonyl (C=O) groups is 5. The number of carbonyl (C=O) groups excluding carboxylic acids is 4. The van der Waals surface area contributed by atoms with Crippen LogP contribution in [0.3, 0.4) is 0 Å². The zero-order valence-electron chi connectivity index (χ0n) is 19.2. The van der Waals surface area contributed by atoms with Crippen LogP contribution in [-0.4, -0.2) is 70.6 Å². The quantitative estimate of drug-likeness (QED) is 0.158. The third-order valence-electron chi connectivity index (χ3n) is 5.05. The van der Waals surface area contributed by atoms with Crippen LogP contribution in [0.25, 0.3) is 0 Å². The molecule has 4 amide bonds. The van der Waals surface area contributed by atoms with E-state index >= 15 is 0 Å². The molecule has 0 aromatic heterocycles. The number of nitrogens with two attached hydrogens (primary N) is 2. The molecular formula is C22H33N5O7. The number of aliphatic carboxylic acids is 1.